The highest BCUT2D eigenvalue weighted by atomic mass is 28.4. The number of rotatable bonds is 5. The number of hydrogen-bond donors (Lipinski definition) is 1. The third kappa shape index (κ3) is 3.91. The molecular formula is C20H31N3O2Si. The van der Waals surface area contributed by atoms with Crippen LogP contribution in [0, 0.1) is 11.8 Å². The fourth-order valence-electron chi connectivity index (χ4n) is 3.40. The molecule has 5 nitrogen and oxygen atoms in total. The maximum Gasteiger partial charge on any atom is 0.191 e. The van der Waals surface area contributed by atoms with Gasteiger partial charge in [0.15, 0.2) is 14.1 Å². The average molecular weight is 374 g/mol. The van der Waals surface area contributed by atoms with Crippen LogP contribution >= 0.6 is 0 Å². The molecule has 1 fully saturated rings. The second kappa shape index (κ2) is 7.23. The standard InChI is InChI=1S/C20H31N3O2Si/c1-20(2,3)26(4,5)25-12-14-6-8-15(9-7-14)18(24)17-16-10-11-21-19(16)23-13-22-17/h10-11,13-15H,6-9,12H2,1-5H3,(H,21,22,23). The molecule has 2 aromatic rings. The van der Waals surface area contributed by atoms with Gasteiger partial charge in [-0.1, -0.05) is 20.8 Å². The van der Waals surface area contributed by atoms with Gasteiger partial charge >= 0.3 is 0 Å². The van der Waals surface area contributed by atoms with Crippen LogP contribution in [0.1, 0.15) is 56.9 Å². The Hall–Kier alpha value is -1.53. The Morgan fingerprint density at radius 1 is 1.23 bits per heavy atom. The molecule has 1 saturated carbocycles. The Kier molecular flexibility index (Phi) is 5.35. The predicted molar refractivity (Wildman–Crippen MR) is 107 cm³/mol. The first-order valence-electron chi connectivity index (χ1n) is 9.65. The highest BCUT2D eigenvalue weighted by Gasteiger charge is 2.38. The fraction of sp³-hybridized carbons (Fsp3) is 0.650. The number of nitrogens with one attached hydrogen (secondary N) is 1. The van der Waals surface area contributed by atoms with E-state index in [1.54, 1.807) is 0 Å². The molecule has 0 bridgehead atoms. The zero-order valence-corrected chi connectivity index (χ0v) is 17.6. The van der Waals surface area contributed by atoms with Crippen LogP contribution in [0.4, 0.5) is 0 Å². The summed E-state index contributed by atoms with van der Waals surface area (Å²) in [6.45, 7) is 12.3. The summed E-state index contributed by atoms with van der Waals surface area (Å²) in [6, 6.07) is 1.89. The van der Waals surface area contributed by atoms with Gasteiger partial charge in [0.25, 0.3) is 0 Å². The molecular weight excluding hydrogens is 342 g/mol. The Morgan fingerprint density at radius 2 is 1.92 bits per heavy atom. The molecule has 26 heavy (non-hydrogen) atoms. The first-order chi connectivity index (χ1) is 12.2. The van der Waals surface area contributed by atoms with Crippen molar-refractivity contribution in [2.45, 2.75) is 64.6 Å². The molecule has 2 aromatic heterocycles. The Labute approximate surface area is 157 Å². The molecule has 0 amide bonds. The summed E-state index contributed by atoms with van der Waals surface area (Å²) in [5.41, 5.74) is 1.30. The fourth-order valence-corrected chi connectivity index (χ4v) is 4.48. The van der Waals surface area contributed by atoms with E-state index in [0.717, 1.165) is 43.3 Å². The summed E-state index contributed by atoms with van der Waals surface area (Å²) >= 11 is 0. The molecule has 3 rings (SSSR count). The SMILES string of the molecule is CC(C)(C)[Si](C)(C)OCC1CCC(C(=O)c2ncnc3[nH]ccc23)CC1. The molecule has 0 aliphatic heterocycles. The van der Waals surface area contributed by atoms with Crippen molar-refractivity contribution in [1.82, 2.24) is 15.0 Å². The summed E-state index contributed by atoms with van der Waals surface area (Å²) in [7, 11) is -1.69. The Morgan fingerprint density at radius 3 is 2.58 bits per heavy atom. The number of aromatic nitrogens is 3. The lowest BCUT2D eigenvalue weighted by Gasteiger charge is -2.38. The minimum atomic E-state index is -1.69. The zero-order valence-electron chi connectivity index (χ0n) is 16.6. The third-order valence-corrected chi connectivity index (χ3v) is 10.8. The van der Waals surface area contributed by atoms with Crippen molar-refractivity contribution in [3.05, 3.63) is 24.3 Å². The van der Waals surface area contributed by atoms with Crippen molar-refractivity contribution in [2.75, 3.05) is 6.61 Å². The average Bonchev–Trinajstić information content (AvgIpc) is 3.07. The number of aromatic amines is 1. The quantitative estimate of drug-likeness (QED) is 0.593. The maximum atomic E-state index is 12.9. The van der Waals surface area contributed by atoms with Crippen molar-refractivity contribution in [3.8, 4) is 0 Å². The van der Waals surface area contributed by atoms with E-state index in [4.69, 9.17) is 4.43 Å². The van der Waals surface area contributed by atoms with E-state index in [-0.39, 0.29) is 16.7 Å². The van der Waals surface area contributed by atoms with E-state index >= 15 is 0 Å². The lowest BCUT2D eigenvalue weighted by Crippen LogP contribution is -2.42. The van der Waals surface area contributed by atoms with Gasteiger partial charge in [0.1, 0.15) is 17.7 Å². The van der Waals surface area contributed by atoms with Crippen molar-refractivity contribution in [2.24, 2.45) is 11.8 Å². The van der Waals surface area contributed by atoms with Gasteiger partial charge in [-0.2, -0.15) is 0 Å². The van der Waals surface area contributed by atoms with Crippen LogP contribution in [-0.2, 0) is 4.43 Å². The van der Waals surface area contributed by atoms with Crippen LogP contribution in [-0.4, -0.2) is 35.7 Å². The van der Waals surface area contributed by atoms with E-state index in [2.05, 4.69) is 48.8 Å². The molecule has 6 heteroatoms. The molecule has 0 unspecified atom stereocenters. The minimum Gasteiger partial charge on any atom is -0.417 e. The van der Waals surface area contributed by atoms with E-state index in [1.807, 2.05) is 12.3 Å². The molecule has 1 aliphatic rings. The third-order valence-electron chi connectivity index (χ3n) is 6.29. The van der Waals surface area contributed by atoms with Crippen molar-refractivity contribution >= 4 is 25.1 Å². The number of fused-ring (bicyclic) bond motifs is 1. The van der Waals surface area contributed by atoms with Gasteiger partial charge in [0, 0.05) is 24.1 Å². The molecule has 1 N–H and O–H groups in total. The largest absolute Gasteiger partial charge is 0.417 e. The van der Waals surface area contributed by atoms with Crippen molar-refractivity contribution in [1.29, 1.82) is 0 Å². The van der Waals surface area contributed by atoms with E-state index in [0.29, 0.717) is 11.6 Å². The van der Waals surface area contributed by atoms with Crippen LogP contribution in [0.3, 0.4) is 0 Å². The number of H-pyrrole nitrogens is 1. The molecule has 0 saturated heterocycles. The topological polar surface area (TPSA) is 67.9 Å². The minimum absolute atomic E-state index is 0.0760. The number of Topliss-reactive ketones (excluding diaryl/α,β-unsaturated/α-hetero) is 1. The van der Waals surface area contributed by atoms with Gasteiger partial charge in [0.2, 0.25) is 0 Å². The first kappa shape index (κ1) is 19.2. The van der Waals surface area contributed by atoms with Crippen molar-refractivity contribution < 1.29 is 9.22 Å². The summed E-state index contributed by atoms with van der Waals surface area (Å²) in [4.78, 5) is 24.4. The van der Waals surface area contributed by atoms with Crippen LogP contribution < -0.4 is 0 Å². The van der Waals surface area contributed by atoms with Gasteiger partial charge in [-0.05, 0) is 55.8 Å². The molecule has 142 valence electrons. The summed E-state index contributed by atoms with van der Waals surface area (Å²) in [5, 5.41) is 1.08. The van der Waals surface area contributed by atoms with Gasteiger partial charge < -0.3 is 9.41 Å². The predicted octanol–water partition coefficient (Wildman–Crippen LogP) is 4.97. The number of hydrogen-bond acceptors (Lipinski definition) is 4. The lowest BCUT2D eigenvalue weighted by atomic mass is 9.79. The lowest BCUT2D eigenvalue weighted by molar-refractivity contribution is 0.0846. The number of carbonyl (C=O) groups is 1. The molecule has 2 heterocycles. The summed E-state index contributed by atoms with van der Waals surface area (Å²) < 4.78 is 6.39. The number of nitrogens with zero attached hydrogens (tertiary/aromatic N) is 2. The normalized spacial score (nSPS) is 21.9. The van der Waals surface area contributed by atoms with Gasteiger partial charge in [-0.25, -0.2) is 9.97 Å². The number of ketones is 1. The van der Waals surface area contributed by atoms with Crippen LogP contribution in [0.25, 0.3) is 11.0 Å². The number of carbonyl (C=O) groups excluding carboxylic acids is 1. The highest BCUT2D eigenvalue weighted by molar-refractivity contribution is 6.74. The zero-order chi connectivity index (χ0) is 18.9. The monoisotopic (exact) mass is 373 g/mol. The van der Waals surface area contributed by atoms with E-state index in [1.165, 1.54) is 6.33 Å². The van der Waals surface area contributed by atoms with E-state index < -0.39 is 8.32 Å². The van der Waals surface area contributed by atoms with Crippen LogP contribution in [0.15, 0.2) is 18.6 Å². The van der Waals surface area contributed by atoms with Gasteiger partial charge in [-0.15, -0.1) is 0 Å². The van der Waals surface area contributed by atoms with Gasteiger partial charge in [0.05, 0.1) is 0 Å². The molecule has 0 atom stereocenters. The molecule has 1 aliphatic carbocycles. The van der Waals surface area contributed by atoms with Crippen LogP contribution in [0.2, 0.25) is 18.1 Å². The van der Waals surface area contributed by atoms with Gasteiger partial charge in [-0.3, -0.25) is 4.79 Å². The van der Waals surface area contributed by atoms with E-state index in [9.17, 15) is 4.79 Å². The molecule has 0 aromatic carbocycles. The van der Waals surface area contributed by atoms with Crippen LogP contribution in [0.5, 0.6) is 0 Å². The first-order valence-corrected chi connectivity index (χ1v) is 12.6. The molecule has 0 spiro atoms. The maximum absolute atomic E-state index is 12.9. The smallest absolute Gasteiger partial charge is 0.191 e. The van der Waals surface area contributed by atoms with Crippen molar-refractivity contribution in [3.63, 3.8) is 0 Å². The second-order valence-corrected chi connectivity index (χ2v) is 13.9. The Bertz CT molecular complexity index is 771. The Balaban J connectivity index is 1.57. The summed E-state index contributed by atoms with van der Waals surface area (Å²) in [5.74, 6) is 0.818. The second-order valence-electron chi connectivity index (χ2n) is 9.12. The summed E-state index contributed by atoms with van der Waals surface area (Å²) in [6.07, 6.45) is 7.27. The highest BCUT2D eigenvalue weighted by Crippen LogP contribution is 2.38. The molecule has 0 radical (unpaired) electrons.